The van der Waals surface area contributed by atoms with Crippen LogP contribution in [0.2, 0.25) is 0 Å². The maximum atomic E-state index is 13.0. The van der Waals surface area contributed by atoms with Crippen LogP contribution in [-0.4, -0.2) is 29.2 Å². The van der Waals surface area contributed by atoms with E-state index in [0.29, 0.717) is 17.7 Å². The summed E-state index contributed by atoms with van der Waals surface area (Å²) in [4.78, 5) is 39.8. The highest BCUT2D eigenvalue weighted by Crippen LogP contribution is 2.34. The number of benzene rings is 2. The van der Waals surface area contributed by atoms with Crippen LogP contribution in [0, 0.1) is 25.7 Å². The molecule has 0 bridgehead atoms. The number of hydrogen-bond donors (Lipinski definition) is 1. The van der Waals surface area contributed by atoms with Gasteiger partial charge in [0.25, 0.3) is 11.8 Å². The monoisotopic (exact) mass is 390 g/mol. The Morgan fingerprint density at radius 1 is 0.966 bits per heavy atom. The fraction of sp³-hybridized carbons (Fsp3) is 0.375. The molecule has 2 aromatic rings. The van der Waals surface area contributed by atoms with Crippen LogP contribution in [0.5, 0.6) is 0 Å². The van der Waals surface area contributed by atoms with Gasteiger partial charge in [-0.2, -0.15) is 0 Å². The lowest BCUT2D eigenvalue weighted by Gasteiger charge is -2.32. The number of carbonyl (C=O) groups excluding carboxylic acids is 3. The molecule has 3 amide bonds. The van der Waals surface area contributed by atoms with Crippen molar-refractivity contribution < 1.29 is 14.4 Å². The molecule has 2 aliphatic rings. The normalized spacial score (nSPS) is 21.2. The number of carbonyl (C=O) groups is 3. The largest absolute Gasteiger partial charge is 0.326 e. The van der Waals surface area contributed by atoms with Gasteiger partial charge in [0.1, 0.15) is 0 Å². The Balaban J connectivity index is 1.49. The summed E-state index contributed by atoms with van der Waals surface area (Å²) in [7, 11) is 0. The number of nitrogens with one attached hydrogen (secondary N) is 1. The van der Waals surface area contributed by atoms with Crippen LogP contribution in [0.1, 0.15) is 57.5 Å². The molecule has 2 aromatic carbocycles. The summed E-state index contributed by atoms with van der Waals surface area (Å²) in [6.07, 6.45) is 3.63. The third kappa shape index (κ3) is 3.69. The van der Waals surface area contributed by atoms with E-state index >= 15 is 0 Å². The molecule has 0 saturated heterocycles. The van der Waals surface area contributed by atoms with Crippen molar-refractivity contribution in [1.29, 1.82) is 0 Å². The topological polar surface area (TPSA) is 66.5 Å². The molecule has 0 spiro atoms. The molecule has 1 saturated carbocycles. The Morgan fingerprint density at radius 2 is 1.62 bits per heavy atom. The number of nitrogens with zero attached hydrogens (tertiary/aromatic N) is 1. The van der Waals surface area contributed by atoms with E-state index in [1.807, 2.05) is 32.0 Å². The molecule has 5 heteroatoms. The molecule has 1 N–H and O–H groups in total. The minimum absolute atomic E-state index is 0.0162. The number of rotatable bonds is 4. The number of anilines is 1. The van der Waals surface area contributed by atoms with Crippen LogP contribution in [0.25, 0.3) is 0 Å². The second-order valence-corrected chi connectivity index (χ2v) is 8.21. The lowest BCUT2D eigenvalue weighted by atomic mass is 9.78. The Hall–Kier alpha value is -2.95. The number of hydrogen-bond acceptors (Lipinski definition) is 3. The first-order chi connectivity index (χ1) is 14.0. The molecule has 4 rings (SSSR count). The van der Waals surface area contributed by atoms with Gasteiger partial charge < -0.3 is 5.32 Å². The van der Waals surface area contributed by atoms with Crippen molar-refractivity contribution >= 4 is 23.4 Å². The molecule has 1 fully saturated rings. The van der Waals surface area contributed by atoms with Gasteiger partial charge in [-0.05, 0) is 68.0 Å². The van der Waals surface area contributed by atoms with Crippen LogP contribution in [0.15, 0.2) is 42.5 Å². The van der Waals surface area contributed by atoms with Gasteiger partial charge >= 0.3 is 0 Å². The quantitative estimate of drug-likeness (QED) is 0.790. The maximum absolute atomic E-state index is 13.0. The lowest BCUT2D eigenvalue weighted by Crippen LogP contribution is -2.41. The summed E-state index contributed by atoms with van der Waals surface area (Å²) in [6, 6.07) is 12.8. The molecule has 29 heavy (non-hydrogen) atoms. The Bertz CT molecular complexity index is 947. The van der Waals surface area contributed by atoms with Crippen molar-refractivity contribution in [2.45, 2.75) is 39.5 Å². The van der Waals surface area contributed by atoms with Crippen molar-refractivity contribution in [3.63, 3.8) is 0 Å². The van der Waals surface area contributed by atoms with E-state index in [4.69, 9.17) is 0 Å². The Morgan fingerprint density at radius 3 is 2.28 bits per heavy atom. The molecule has 0 radical (unpaired) electrons. The van der Waals surface area contributed by atoms with Crippen LogP contribution >= 0.6 is 0 Å². The van der Waals surface area contributed by atoms with Crippen molar-refractivity contribution in [3.8, 4) is 0 Å². The highest BCUT2D eigenvalue weighted by atomic mass is 16.2. The van der Waals surface area contributed by atoms with Gasteiger partial charge in [0.2, 0.25) is 5.91 Å². The minimum atomic E-state index is -0.246. The van der Waals surface area contributed by atoms with Gasteiger partial charge in [-0.15, -0.1) is 0 Å². The van der Waals surface area contributed by atoms with Crippen molar-refractivity contribution in [1.82, 2.24) is 4.90 Å². The third-order valence-corrected chi connectivity index (χ3v) is 6.32. The number of fused-ring (bicyclic) bond motifs is 1. The zero-order valence-corrected chi connectivity index (χ0v) is 16.9. The summed E-state index contributed by atoms with van der Waals surface area (Å²) in [6.45, 7) is 4.37. The molecule has 1 heterocycles. The first kappa shape index (κ1) is 19.4. The molecule has 150 valence electrons. The first-order valence-electron chi connectivity index (χ1n) is 10.3. The van der Waals surface area contributed by atoms with Crippen LogP contribution in [-0.2, 0) is 4.79 Å². The zero-order valence-electron chi connectivity index (χ0n) is 16.9. The van der Waals surface area contributed by atoms with E-state index in [2.05, 4.69) is 5.32 Å². The number of amides is 3. The Labute approximate surface area is 171 Å². The highest BCUT2D eigenvalue weighted by molar-refractivity contribution is 6.21. The molecular formula is C24H26N2O3. The van der Waals surface area contributed by atoms with Crippen LogP contribution in [0.4, 0.5) is 5.69 Å². The van der Waals surface area contributed by atoms with Crippen LogP contribution in [0.3, 0.4) is 0 Å². The van der Waals surface area contributed by atoms with Crippen molar-refractivity contribution in [3.05, 3.63) is 64.7 Å². The second kappa shape index (κ2) is 7.82. The third-order valence-electron chi connectivity index (χ3n) is 6.32. The SMILES string of the molecule is Cc1ccc(NC(=O)C2CCCCC2CN2C(=O)c3ccccc3C2=O)cc1C. The average Bonchev–Trinajstić information content (AvgIpc) is 2.96. The van der Waals surface area contributed by atoms with E-state index in [1.54, 1.807) is 24.3 Å². The van der Waals surface area contributed by atoms with Crippen molar-refractivity contribution in [2.24, 2.45) is 11.8 Å². The van der Waals surface area contributed by atoms with Gasteiger partial charge in [-0.1, -0.05) is 31.0 Å². The van der Waals surface area contributed by atoms with E-state index in [0.717, 1.165) is 36.9 Å². The summed E-state index contributed by atoms with van der Waals surface area (Å²) in [5, 5.41) is 3.05. The van der Waals surface area contributed by atoms with E-state index in [9.17, 15) is 14.4 Å². The maximum Gasteiger partial charge on any atom is 0.261 e. The minimum Gasteiger partial charge on any atom is -0.326 e. The summed E-state index contributed by atoms with van der Waals surface area (Å²) < 4.78 is 0. The highest BCUT2D eigenvalue weighted by Gasteiger charge is 2.40. The summed E-state index contributed by atoms with van der Waals surface area (Å²) in [5.74, 6) is -0.726. The zero-order chi connectivity index (χ0) is 20.5. The first-order valence-corrected chi connectivity index (χ1v) is 10.3. The molecule has 2 unspecified atom stereocenters. The fourth-order valence-electron chi connectivity index (χ4n) is 4.46. The van der Waals surface area contributed by atoms with Gasteiger partial charge in [-0.25, -0.2) is 0 Å². The number of aryl methyl sites for hydroxylation is 2. The summed E-state index contributed by atoms with van der Waals surface area (Å²) >= 11 is 0. The van der Waals surface area contributed by atoms with Gasteiger partial charge in [-0.3, -0.25) is 19.3 Å². The van der Waals surface area contributed by atoms with E-state index in [1.165, 1.54) is 10.5 Å². The van der Waals surface area contributed by atoms with E-state index < -0.39 is 0 Å². The molecule has 0 aromatic heterocycles. The molecular weight excluding hydrogens is 364 g/mol. The Kier molecular flexibility index (Phi) is 5.22. The van der Waals surface area contributed by atoms with Gasteiger partial charge in [0, 0.05) is 18.2 Å². The molecule has 1 aliphatic carbocycles. The summed E-state index contributed by atoms with van der Waals surface area (Å²) in [5.41, 5.74) is 4.04. The second-order valence-electron chi connectivity index (χ2n) is 8.21. The molecule has 2 atom stereocenters. The van der Waals surface area contributed by atoms with Gasteiger partial charge in [0.05, 0.1) is 11.1 Å². The molecule has 1 aliphatic heterocycles. The standard InChI is InChI=1S/C24H26N2O3/c1-15-11-12-18(13-16(15)2)25-22(27)19-8-4-3-7-17(19)14-26-23(28)20-9-5-6-10-21(20)24(26)29/h5-6,9-13,17,19H,3-4,7-8,14H2,1-2H3,(H,25,27). The molecule has 5 nitrogen and oxygen atoms in total. The smallest absolute Gasteiger partial charge is 0.261 e. The van der Waals surface area contributed by atoms with Crippen molar-refractivity contribution in [2.75, 3.05) is 11.9 Å². The number of imide groups is 1. The van der Waals surface area contributed by atoms with Crippen LogP contribution < -0.4 is 5.32 Å². The van der Waals surface area contributed by atoms with Gasteiger partial charge in [0.15, 0.2) is 0 Å². The van der Waals surface area contributed by atoms with E-state index in [-0.39, 0.29) is 29.6 Å². The average molecular weight is 390 g/mol. The predicted octanol–water partition coefficient (Wildman–Crippen LogP) is 4.34. The predicted molar refractivity (Wildman–Crippen MR) is 112 cm³/mol. The lowest BCUT2D eigenvalue weighted by molar-refractivity contribution is -0.122. The fourth-order valence-corrected chi connectivity index (χ4v) is 4.46.